The van der Waals surface area contributed by atoms with Gasteiger partial charge in [0.05, 0.1) is 19.3 Å². The zero-order chi connectivity index (χ0) is 11.3. The van der Waals surface area contributed by atoms with Gasteiger partial charge >= 0.3 is 5.95 Å². The van der Waals surface area contributed by atoms with Crippen molar-refractivity contribution in [3.8, 4) is 0 Å². The summed E-state index contributed by atoms with van der Waals surface area (Å²) in [5.74, 6) is -0.474. The van der Waals surface area contributed by atoms with Crippen molar-refractivity contribution in [1.82, 2.24) is 14.8 Å². The van der Waals surface area contributed by atoms with Crippen LogP contribution in [0.25, 0.3) is 0 Å². The van der Waals surface area contributed by atoms with E-state index in [2.05, 4.69) is 10.1 Å². The monoisotopic (exact) mass is 216 g/mol. The third kappa shape index (κ3) is 3.60. The molecule has 0 aliphatic rings. The number of aliphatic hydroxyl groups excluding tert-OH is 1. The maximum absolute atomic E-state index is 10.3. The summed E-state index contributed by atoms with van der Waals surface area (Å²) >= 11 is 0. The van der Waals surface area contributed by atoms with Crippen LogP contribution >= 0.6 is 0 Å². The molecule has 8 nitrogen and oxygen atoms in total. The van der Waals surface area contributed by atoms with Crippen molar-refractivity contribution in [3.63, 3.8) is 0 Å². The van der Waals surface area contributed by atoms with E-state index in [0.29, 0.717) is 6.61 Å². The van der Waals surface area contributed by atoms with Crippen molar-refractivity contribution in [2.45, 2.75) is 19.6 Å². The highest BCUT2D eigenvalue weighted by molar-refractivity contribution is 4.96. The van der Waals surface area contributed by atoms with Crippen LogP contribution in [0.4, 0.5) is 5.95 Å². The van der Waals surface area contributed by atoms with Crippen molar-refractivity contribution < 1.29 is 14.8 Å². The first-order valence-corrected chi connectivity index (χ1v) is 4.43. The van der Waals surface area contributed by atoms with Crippen LogP contribution in [0.2, 0.25) is 0 Å². The summed E-state index contributed by atoms with van der Waals surface area (Å²) in [6.07, 6.45) is 0.457. The molecule has 0 saturated carbocycles. The molecular formula is C7H12N4O4. The van der Waals surface area contributed by atoms with Gasteiger partial charge in [-0.2, -0.15) is 4.68 Å². The number of hydrogen-bond acceptors (Lipinski definition) is 6. The molecule has 1 atom stereocenters. The quantitative estimate of drug-likeness (QED) is 0.511. The summed E-state index contributed by atoms with van der Waals surface area (Å²) < 4.78 is 6.19. The highest BCUT2D eigenvalue weighted by atomic mass is 16.6. The summed E-state index contributed by atoms with van der Waals surface area (Å²) in [5.41, 5.74) is 0. The Morgan fingerprint density at radius 3 is 3.07 bits per heavy atom. The Morgan fingerprint density at radius 2 is 2.53 bits per heavy atom. The summed E-state index contributed by atoms with van der Waals surface area (Å²) in [6, 6.07) is 0. The Kier molecular flexibility index (Phi) is 4.13. The molecule has 1 aromatic heterocycles. The van der Waals surface area contributed by atoms with Crippen molar-refractivity contribution in [2.75, 3.05) is 13.2 Å². The molecular weight excluding hydrogens is 204 g/mol. The molecule has 0 fully saturated rings. The minimum atomic E-state index is -0.744. The van der Waals surface area contributed by atoms with E-state index in [0.717, 1.165) is 0 Å². The van der Waals surface area contributed by atoms with Crippen molar-refractivity contribution in [1.29, 1.82) is 0 Å². The smallest absolute Gasteiger partial charge is 0.390 e. The van der Waals surface area contributed by atoms with Crippen LogP contribution in [0.5, 0.6) is 0 Å². The van der Waals surface area contributed by atoms with E-state index in [1.807, 2.05) is 6.92 Å². The Balaban J connectivity index is 2.46. The summed E-state index contributed by atoms with van der Waals surface area (Å²) in [6.45, 7) is 2.62. The standard InChI is InChI=1S/C7H12N4O4/c1-2-15-4-6(12)3-10-5-8-7(9-10)11(13)14/h5-6,12H,2-4H2,1H3. The largest absolute Gasteiger partial charge is 0.490 e. The highest BCUT2D eigenvalue weighted by Crippen LogP contribution is 2.00. The fourth-order valence-corrected chi connectivity index (χ4v) is 0.979. The molecule has 0 saturated heterocycles. The average Bonchev–Trinajstić information content (AvgIpc) is 2.63. The molecule has 0 spiro atoms. The lowest BCUT2D eigenvalue weighted by atomic mass is 10.4. The molecule has 0 aliphatic heterocycles. The Labute approximate surface area is 85.6 Å². The van der Waals surface area contributed by atoms with Gasteiger partial charge in [0, 0.05) is 11.7 Å². The summed E-state index contributed by atoms with van der Waals surface area (Å²) in [5, 5.41) is 23.2. The minimum Gasteiger partial charge on any atom is -0.390 e. The minimum absolute atomic E-state index is 0.126. The van der Waals surface area contributed by atoms with Crippen LogP contribution in [0.3, 0.4) is 0 Å². The molecule has 84 valence electrons. The molecule has 0 aliphatic carbocycles. The molecule has 1 heterocycles. The van der Waals surface area contributed by atoms with Crippen LogP contribution in [-0.4, -0.2) is 44.1 Å². The second-order valence-corrected chi connectivity index (χ2v) is 2.84. The molecule has 8 heteroatoms. The number of aliphatic hydroxyl groups is 1. The Hall–Kier alpha value is -1.54. The second-order valence-electron chi connectivity index (χ2n) is 2.84. The predicted molar refractivity (Wildman–Crippen MR) is 49.2 cm³/mol. The van der Waals surface area contributed by atoms with Gasteiger partial charge in [0.15, 0.2) is 0 Å². The number of ether oxygens (including phenoxy) is 1. The van der Waals surface area contributed by atoms with Crippen molar-refractivity contribution >= 4 is 5.95 Å². The maximum atomic E-state index is 10.3. The van der Waals surface area contributed by atoms with Crippen LogP contribution in [0.15, 0.2) is 6.33 Å². The van der Waals surface area contributed by atoms with Gasteiger partial charge in [-0.1, -0.05) is 4.98 Å². The number of nitrogens with zero attached hydrogens (tertiary/aromatic N) is 4. The fraction of sp³-hybridized carbons (Fsp3) is 0.714. The average molecular weight is 216 g/mol. The van der Waals surface area contributed by atoms with Crippen molar-refractivity contribution in [2.24, 2.45) is 0 Å². The van der Waals surface area contributed by atoms with Gasteiger partial charge in [-0.05, 0) is 11.8 Å². The Bertz CT molecular complexity index is 327. The molecule has 1 unspecified atom stereocenters. The van der Waals surface area contributed by atoms with Crippen LogP contribution in [0.1, 0.15) is 6.92 Å². The molecule has 15 heavy (non-hydrogen) atoms. The lowest BCUT2D eigenvalue weighted by molar-refractivity contribution is -0.394. The summed E-state index contributed by atoms with van der Waals surface area (Å²) in [4.78, 5) is 13.0. The lowest BCUT2D eigenvalue weighted by Gasteiger charge is -2.07. The number of nitro groups is 1. The SMILES string of the molecule is CCOCC(O)Cn1cnc([N+](=O)[O-])n1. The number of aromatic nitrogens is 3. The van der Waals surface area contributed by atoms with Crippen LogP contribution in [-0.2, 0) is 11.3 Å². The third-order valence-corrected chi connectivity index (χ3v) is 1.60. The first kappa shape index (κ1) is 11.5. The van der Waals surface area contributed by atoms with Gasteiger partial charge < -0.3 is 20.0 Å². The number of rotatable bonds is 6. The van der Waals surface area contributed by atoms with E-state index >= 15 is 0 Å². The van der Waals surface area contributed by atoms with E-state index in [-0.39, 0.29) is 13.2 Å². The Morgan fingerprint density at radius 1 is 1.80 bits per heavy atom. The third-order valence-electron chi connectivity index (χ3n) is 1.60. The van der Waals surface area contributed by atoms with E-state index < -0.39 is 17.0 Å². The van der Waals surface area contributed by atoms with E-state index in [1.165, 1.54) is 11.0 Å². The van der Waals surface area contributed by atoms with Gasteiger partial charge in [-0.25, -0.2) is 0 Å². The molecule has 1 rings (SSSR count). The van der Waals surface area contributed by atoms with Gasteiger partial charge in [0.1, 0.15) is 0 Å². The second kappa shape index (κ2) is 5.37. The van der Waals surface area contributed by atoms with Crippen molar-refractivity contribution in [3.05, 3.63) is 16.4 Å². The lowest BCUT2D eigenvalue weighted by Crippen LogP contribution is -2.22. The first-order valence-electron chi connectivity index (χ1n) is 4.43. The molecule has 0 amide bonds. The van der Waals surface area contributed by atoms with Gasteiger partial charge in [-0.15, -0.1) is 0 Å². The van der Waals surface area contributed by atoms with Gasteiger partial charge in [-0.3, -0.25) is 0 Å². The zero-order valence-corrected chi connectivity index (χ0v) is 8.24. The molecule has 0 radical (unpaired) electrons. The molecule has 1 aromatic rings. The predicted octanol–water partition coefficient (Wildman–Crippen LogP) is -0.416. The fourth-order valence-electron chi connectivity index (χ4n) is 0.979. The van der Waals surface area contributed by atoms with Crippen LogP contribution < -0.4 is 0 Å². The molecule has 0 bridgehead atoms. The number of hydrogen-bond donors (Lipinski definition) is 1. The topological polar surface area (TPSA) is 103 Å². The van der Waals surface area contributed by atoms with Gasteiger partial charge in [0.25, 0.3) is 0 Å². The van der Waals surface area contributed by atoms with Gasteiger partial charge in [0.2, 0.25) is 6.33 Å². The van der Waals surface area contributed by atoms with Crippen LogP contribution in [0, 0.1) is 10.1 Å². The maximum Gasteiger partial charge on any atom is 0.490 e. The highest BCUT2D eigenvalue weighted by Gasteiger charge is 2.15. The molecule has 0 aromatic carbocycles. The molecule has 1 N–H and O–H groups in total. The van der Waals surface area contributed by atoms with E-state index in [4.69, 9.17) is 4.74 Å². The zero-order valence-electron chi connectivity index (χ0n) is 8.24. The van der Waals surface area contributed by atoms with E-state index in [1.54, 1.807) is 0 Å². The normalized spacial score (nSPS) is 12.7. The van der Waals surface area contributed by atoms with E-state index in [9.17, 15) is 15.2 Å². The summed E-state index contributed by atoms with van der Waals surface area (Å²) in [7, 11) is 0. The first-order chi connectivity index (χ1) is 7.13.